The number of nitrogens with one attached hydrogen (secondary N) is 1. The first-order chi connectivity index (χ1) is 12.9. The topological polar surface area (TPSA) is 55.1 Å². The Kier molecular flexibility index (Phi) is 4.32. The lowest BCUT2D eigenvalue weighted by atomic mass is 9.99. The molecule has 0 atom stereocenters. The van der Waals surface area contributed by atoms with Crippen LogP contribution in [-0.4, -0.2) is 10.9 Å². The van der Waals surface area contributed by atoms with Gasteiger partial charge in [0.1, 0.15) is 5.58 Å². The van der Waals surface area contributed by atoms with Crippen LogP contribution in [0.3, 0.4) is 0 Å². The van der Waals surface area contributed by atoms with Crippen molar-refractivity contribution in [2.24, 2.45) is 0 Å². The Morgan fingerprint density at radius 2 is 1.78 bits per heavy atom. The van der Waals surface area contributed by atoms with Gasteiger partial charge in [0.25, 0.3) is 5.91 Å². The summed E-state index contributed by atoms with van der Waals surface area (Å²) in [6.07, 6.45) is 0. The van der Waals surface area contributed by atoms with Crippen molar-refractivity contribution in [2.75, 3.05) is 5.32 Å². The maximum absolute atomic E-state index is 12.7. The predicted molar refractivity (Wildman–Crippen MR) is 111 cm³/mol. The van der Waals surface area contributed by atoms with E-state index in [9.17, 15) is 4.79 Å². The van der Waals surface area contributed by atoms with Crippen LogP contribution in [0, 0.1) is 27.7 Å². The van der Waals surface area contributed by atoms with Gasteiger partial charge in [0.15, 0.2) is 10.9 Å². The zero-order valence-electron chi connectivity index (χ0n) is 15.7. The van der Waals surface area contributed by atoms with E-state index >= 15 is 0 Å². The van der Waals surface area contributed by atoms with E-state index in [0.29, 0.717) is 16.5 Å². The number of benzene rings is 2. The number of aryl methyl sites for hydroxylation is 4. The van der Waals surface area contributed by atoms with Crippen molar-refractivity contribution in [1.82, 2.24) is 4.98 Å². The first-order valence-corrected chi connectivity index (χ1v) is 9.65. The summed E-state index contributed by atoms with van der Waals surface area (Å²) in [5.74, 6) is 0.0525. The Morgan fingerprint density at radius 3 is 2.56 bits per heavy atom. The van der Waals surface area contributed by atoms with E-state index in [1.54, 1.807) is 0 Å². The largest absolute Gasteiger partial charge is 0.451 e. The minimum absolute atomic E-state index is 0.276. The van der Waals surface area contributed by atoms with Gasteiger partial charge in [-0.2, -0.15) is 0 Å². The molecule has 0 spiro atoms. The van der Waals surface area contributed by atoms with Gasteiger partial charge in [-0.05, 0) is 56.5 Å². The third kappa shape index (κ3) is 3.15. The Bertz CT molecular complexity index is 1170. The fraction of sp³-hybridized carbons (Fsp3) is 0.182. The monoisotopic (exact) mass is 376 g/mol. The number of aromatic nitrogens is 1. The fourth-order valence-electron chi connectivity index (χ4n) is 3.24. The number of rotatable bonds is 3. The van der Waals surface area contributed by atoms with E-state index in [1.807, 2.05) is 36.6 Å². The maximum Gasteiger partial charge on any atom is 0.293 e. The molecule has 136 valence electrons. The second kappa shape index (κ2) is 6.67. The predicted octanol–water partition coefficient (Wildman–Crippen LogP) is 6.04. The third-order valence-electron chi connectivity index (χ3n) is 4.89. The molecule has 0 aliphatic heterocycles. The summed E-state index contributed by atoms with van der Waals surface area (Å²) >= 11 is 1.41. The molecule has 4 aromatic rings. The number of amides is 1. The van der Waals surface area contributed by atoms with Crippen molar-refractivity contribution < 1.29 is 9.21 Å². The molecule has 0 radical (unpaired) electrons. The highest BCUT2D eigenvalue weighted by Crippen LogP contribution is 2.30. The lowest BCUT2D eigenvalue weighted by Gasteiger charge is -2.07. The summed E-state index contributed by atoms with van der Waals surface area (Å²) in [5, 5.41) is 6.36. The van der Waals surface area contributed by atoms with Crippen molar-refractivity contribution in [3.63, 3.8) is 0 Å². The quantitative estimate of drug-likeness (QED) is 0.474. The molecule has 5 heteroatoms. The van der Waals surface area contributed by atoms with Gasteiger partial charge < -0.3 is 4.42 Å². The Balaban J connectivity index is 1.61. The summed E-state index contributed by atoms with van der Waals surface area (Å²) in [6.45, 7) is 8.18. The molecule has 2 aromatic carbocycles. The molecule has 0 unspecified atom stereocenters. The lowest BCUT2D eigenvalue weighted by molar-refractivity contribution is 0.0998. The van der Waals surface area contributed by atoms with Crippen LogP contribution in [0.1, 0.15) is 32.8 Å². The Hall–Kier alpha value is -2.92. The first-order valence-electron chi connectivity index (χ1n) is 8.77. The molecular weight excluding hydrogens is 356 g/mol. The highest BCUT2D eigenvalue weighted by molar-refractivity contribution is 7.14. The van der Waals surface area contributed by atoms with Gasteiger partial charge in [-0.1, -0.05) is 24.3 Å². The average Bonchev–Trinajstić information content (AvgIpc) is 3.23. The standard InChI is InChI=1S/C22H20N2O2S/c1-12-9-14(3)17(10-13(12)2)18-11-27-22(23-18)24-21(25)20-15(4)16-7-5-6-8-19(16)26-20/h5-11H,1-4H3,(H,23,24,25). The van der Waals surface area contributed by atoms with Crippen LogP contribution in [0.5, 0.6) is 0 Å². The van der Waals surface area contributed by atoms with E-state index in [4.69, 9.17) is 4.42 Å². The van der Waals surface area contributed by atoms with Crippen LogP contribution in [-0.2, 0) is 0 Å². The number of fused-ring (bicyclic) bond motifs is 1. The van der Waals surface area contributed by atoms with Gasteiger partial charge in [0.2, 0.25) is 0 Å². The van der Waals surface area contributed by atoms with E-state index < -0.39 is 0 Å². The number of thiazole rings is 1. The van der Waals surface area contributed by atoms with Crippen LogP contribution >= 0.6 is 11.3 Å². The van der Waals surface area contributed by atoms with Crippen LogP contribution in [0.25, 0.3) is 22.2 Å². The first kappa shape index (κ1) is 17.5. The molecule has 2 heterocycles. The molecule has 0 fully saturated rings. The number of furan rings is 1. The highest BCUT2D eigenvalue weighted by atomic mass is 32.1. The molecule has 0 bridgehead atoms. The van der Waals surface area contributed by atoms with Crippen molar-refractivity contribution in [2.45, 2.75) is 27.7 Å². The van der Waals surface area contributed by atoms with Crippen molar-refractivity contribution >= 4 is 33.3 Å². The summed E-state index contributed by atoms with van der Waals surface area (Å²) < 4.78 is 5.74. The van der Waals surface area contributed by atoms with Crippen molar-refractivity contribution in [3.8, 4) is 11.3 Å². The van der Waals surface area contributed by atoms with Crippen LogP contribution in [0.4, 0.5) is 5.13 Å². The summed E-state index contributed by atoms with van der Waals surface area (Å²) in [5.41, 5.74) is 7.18. The molecule has 4 nitrogen and oxygen atoms in total. The summed E-state index contributed by atoms with van der Waals surface area (Å²) in [7, 11) is 0. The number of para-hydroxylation sites is 1. The van der Waals surface area contributed by atoms with Gasteiger partial charge in [-0.3, -0.25) is 10.1 Å². The molecule has 1 amide bonds. The number of anilines is 1. The minimum Gasteiger partial charge on any atom is -0.451 e. The number of carbonyl (C=O) groups is 1. The number of hydrogen-bond acceptors (Lipinski definition) is 4. The van der Waals surface area contributed by atoms with Gasteiger partial charge in [0.05, 0.1) is 5.69 Å². The molecule has 27 heavy (non-hydrogen) atoms. The van der Waals surface area contributed by atoms with Gasteiger partial charge >= 0.3 is 0 Å². The summed E-state index contributed by atoms with van der Waals surface area (Å²) in [6, 6.07) is 12.0. The van der Waals surface area contributed by atoms with E-state index in [1.165, 1.54) is 28.0 Å². The van der Waals surface area contributed by atoms with E-state index in [2.05, 4.69) is 43.2 Å². The smallest absolute Gasteiger partial charge is 0.293 e. The minimum atomic E-state index is -0.276. The zero-order valence-corrected chi connectivity index (χ0v) is 16.5. The Labute approximate surface area is 161 Å². The van der Waals surface area contributed by atoms with Crippen molar-refractivity contribution in [3.05, 3.63) is 69.8 Å². The molecular formula is C22H20N2O2S. The molecule has 1 N–H and O–H groups in total. The van der Waals surface area contributed by atoms with Gasteiger partial charge in [-0.15, -0.1) is 11.3 Å². The lowest BCUT2D eigenvalue weighted by Crippen LogP contribution is -2.11. The SMILES string of the molecule is Cc1cc(C)c(-c2csc(NC(=O)c3oc4ccccc4c3C)n2)cc1C. The number of nitrogens with zero attached hydrogens (tertiary/aromatic N) is 1. The van der Waals surface area contributed by atoms with Crippen LogP contribution < -0.4 is 5.32 Å². The number of carbonyl (C=O) groups excluding carboxylic acids is 1. The van der Waals surface area contributed by atoms with E-state index in [0.717, 1.165) is 22.2 Å². The second-order valence-electron chi connectivity index (χ2n) is 6.80. The third-order valence-corrected chi connectivity index (χ3v) is 5.65. The van der Waals surface area contributed by atoms with Gasteiger partial charge in [0, 0.05) is 21.9 Å². The summed E-state index contributed by atoms with van der Waals surface area (Å²) in [4.78, 5) is 17.3. The fourth-order valence-corrected chi connectivity index (χ4v) is 3.94. The molecule has 2 aromatic heterocycles. The maximum atomic E-state index is 12.7. The van der Waals surface area contributed by atoms with Crippen molar-refractivity contribution in [1.29, 1.82) is 0 Å². The average molecular weight is 376 g/mol. The Morgan fingerprint density at radius 1 is 1.04 bits per heavy atom. The molecule has 0 saturated carbocycles. The van der Waals surface area contributed by atoms with E-state index in [-0.39, 0.29) is 5.91 Å². The van der Waals surface area contributed by atoms with Gasteiger partial charge in [-0.25, -0.2) is 4.98 Å². The van der Waals surface area contributed by atoms with Crippen LogP contribution in [0.2, 0.25) is 0 Å². The highest BCUT2D eigenvalue weighted by Gasteiger charge is 2.19. The second-order valence-corrected chi connectivity index (χ2v) is 7.65. The normalized spacial score (nSPS) is 11.1. The zero-order chi connectivity index (χ0) is 19.1. The number of hydrogen-bond donors (Lipinski definition) is 1. The molecule has 0 saturated heterocycles. The molecule has 0 aliphatic rings. The molecule has 4 rings (SSSR count). The van der Waals surface area contributed by atoms with Crippen LogP contribution in [0.15, 0.2) is 46.2 Å². The molecule has 0 aliphatic carbocycles.